The van der Waals surface area contributed by atoms with Gasteiger partial charge in [0.15, 0.2) is 0 Å². The Morgan fingerprint density at radius 1 is 1.33 bits per heavy atom. The third-order valence-electron chi connectivity index (χ3n) is 1.91. The lowest BCUT2D eigenvalue weighted by Gasteiger charge is -2.05. The van der Waals surface area contributed by atoms with E-state index in [2.05, 4.69) is 12.2 Å². The lowest BCUT2D eigenvalue weighted by molar-refractivity contribution is 0.147. The molecule has 0 saturated carbocycles. The molecule has 0 atom stereocenters. The minimum Gasteiger partial charge on any atom is -0.449 e. The van der Waals surface area contributed by atoms with Crippen molar-refractivity contribution >= 4 is 6.09 Å². The highest BCUT2D eigenvalue weighted by Gasteiger charge is 1.99. The van der Waals surface area contributed by atoms with Gasteiger partial charge in [-0.15, -0.1) is 0 Å². The molecule has 0 aliphatic rings. The first kappa shape index (κ1) is 11.6. The molecule has 3 nitrogen and oxygen atoms in total. The summed E-state index contributed by atoms with van der Waals surface area (Å²) < 4.78 is 4.97. The van der Waals surface area contributed by atoms with E-state index in [1.165, 1.54) is 5.56 Å². The molecule has 3 heteroatoms. The van der Waals surface area contributed by atoms with E-state index in [1.54, 1.807) is 0 Å². The quantitative estimate of drug-likeness (QED) is 0.801. The largest absolute Gasteiger partial charge is 0.449 e. The Hall–Kier alpha value is -1.51. The maximum atomic E-state index is 11.0. The summed E-state index contributed by atoms with van der Waals surface area (Å²) in [5, 5.41) is 2.59. The Balaban J connectivity index is 2.14. The number of carbonyl (C=O) groups is 1. The van der Waals surface area contributed by atoms with Crippen LogP contribution in [0.5, 0.6) is 0 Å². The van der Waals surface area contributed by atoms with Crippen LogP contribution in [-0.2, 0) is 11.2 Å². The van der Waals surface area contributed by atoms with Crippen LogP contribution in [0, 0.1) is 6.92 Å². The average Bonchev–Trinajstić information content (AvgIpc) is 2.28. The van der Waals surface area contributed by atoms with Crippen LogP contribution in [0.15, 0.2) is 30.3 Å². The number of amides is 1. The SMILES string of the molecule is [CH2]CCNC(=O)OCCc1ccccc1. The Kier molecular flexibility index (Phi) is 5.30. The summed E-state index contributed by atoms with van der Waals surface area (Å²) in [6, 6.07) is 9.93. The van der Waals surface area contributed by atoms with E-state index in [9.17, 15) is 4.79 Å². The molecule has 1 radical (unpaired) electrons. The van der Waals surface area contributed by atoms with Crippen LogP contribution in [0.4, 0.5) is 4.79 Å². The van der Waals surface area contributed by atoms with Gasteiger partial charge in [0, 0.05) is 13.0 Å². The zero-order valence-electron chi connectivity index (χ0n) is 8.74. The van der Waals surface area contributed by atoms with Crippen molar-refractivity contribution in [3.63, 3.8) is 0 Å². The normalized spacial score (nSPS) is 9.67. The molecule has 0 aromatic heterocycles. The molecular weight excluding hydrogens is 190 g/mol. The van der Waals surface area contributed by atoms with Gasteiger partial charge in [0.05, 0.1) is 6.61 Å². The minimum absolute atomic E-state index is 0.366. The lowest BCUT2D eigenvalue weighted by Crippen LogP contribution is -2.25. The highest BCUT2D eigenvalue weighted by Crippen LogP contribution is 1.99. The zero-order valence-corrected chi connectivity index (χ0v) is 8.74. The second kappa shape index (κ2) is 6.87. The maximum absolute atomic E-state index is 11.0. The van der Waals surface area contributed by atoms with E-state index in [1.807, 2.05) is 30.3 Å². The van der Waals surface area contributed by atoms with Crippen molar-refractivity contribution in [1.82, 2.24) is 5.32 Å². The summed E-state index contributed by atoms with van der Waals surface area (Å²) in [6.45, 7) is 4.58. The third-order valence-corrected chi connectivity index (χ3v) is 1.91. The molecule has 1 aromatic carbocycles. The number of carbonyl (C=O) groups excluding carboxylic acids is 1. The maximum Gasteiger partial charge on any atom is 0.407 e. The Morgan fingerprint density at radius 3 is 2.73 bits per heavy atom. The average molecular weight is 206 g/mol. The molecule has 0 aliphatic heterocycles. The highest BCUT2D eigenvalue weighted by atomic mass is 16.5. The van der Waals surface area contributed by atoms with Gasteiger partial charge < -0.3 is 10.1 Å². The van der Waals surface area contributed by atoms with Crippen molar-refractivity contribution < 1.29 is 9.53 Å². The van der Waals surface area contributed by atoms with Gasteiger partial charge in [-0.25, -0.2) is 4.79 Å². The molecular formula is C12H16NO2. The van der Waals surface area contributed by atoms with E-state index in [-0.39, 0.29) is 6.09 Å². The van der Waals surface area contributed by atoms with Crippen molar-refractivity contribution in [1.29, 1.82) is 0 Å². The van der Waals surface area contributed by atoms with E-state index < -0.39 is 0 Å². The predicted octanol–water partition coefficient (Wildman–Crippen LogP) is 2.18. The van der Waals surface area contributed by atoms with E-state index in [0.29, 0.717) is 19.6 Å². The number of alkyl carbamates (subject to hydrolysis) is 1. The Morgan fingerprint density at radius 2 is 2.07 bits per heavy atom. The van der Waals surface area contributed by atoms with Gasteiger partial charge >= 0.3 is 6.09 Å². The van der Waals surface area contributed by atoms with Crippen LogP contribution >= 0.6 is 0 Å². The third kappa shape index (κ3) is 5.05. The van der Waals surface area contributed by atoms with Gasteiger partial charge in [-0.3, -0.25) is 0 Å². The highest BCUT2D eigenvalue weighted by molar-refractivity contribution is 5.67. The number of rotatable bonds is 5. The first-order valence-corrected chi connectivity index (χ1v) is 5.06. The van der Waals surface area contributed by atoms with Gasteiger partial charge in [-0.2, -0.15) is 0 Å². The van der Waals surface area contributed by atoms with E-state index in [0.717, 1.165) is 6.42 Å². The molecule has 0 unspecified atom stereocenters. The zero-order chi connectivity index (χ0) is 10.9. The molecule has 0 saturated heterocycles. The van der Waals surface area contributed by atoms with Crippen molar-refractivity contribution in [3.8, 4) is 0 Å². The first-order valence-electron chi connectivity index (χ1n) is 5.06. The van der Waals surface area contributed by atoms with Gasteiger partial charge in [0.2, 0.25) is 0 Å². The van der Waals surface area contributed by atoms with Crippen LogP contribution in [0.2, 0.25) is 0 Å². The number of nitrogens with one attached hydrogen (secondary N) is 1. The van der Waals surface area contributed by atoms with Crippen molar-refractivity contribution in [2.45, 2.75) is 12.8 Å². The van der Waals surface area contributed by atoms with Gasteiger partial charge in [-0.1, -0.05) is 37.3 Å². The predicted molar refractivity (Wildman–Crippen MR) is 59.5 cm³/mol. The van der Waals surface area contributed by atoms with Gasteiger partial charge in [0.25, 0.3) is 0 Å². The minimum atomic E-state index is -0.366. The molecule has 1 amide bonds. The molecule has 0 bridgehead atoms. The number of benzene rings is 1. The monoisotopic (exact) mass is 206 g/mol. The van der Waals surface area contributed by atoms with Crippen LogP contribution in [0.1, 0.15) is 12.0 Å². The molecule has 0 spiro atoms. The fourth-order valence-corrected chi connectivity index (χ4v) is 1.15. The second-order valence-corrected chi connectivity index (χ2v) is 3.15. The molecule has 1 N–H and O–H groups in total. The summed E-state index contributed by atoms with van der Waals surface area (Å²) in [7, 11) is 0. The van der Waals surface area contributed by atoms with Crippen LogP contribution < -0.4 is 5.32 Å². The van der Waals surface area contributed by atoms with Crippen LogP contribution in [0.25, 0.3) is 0 Å². The molecule has 15 heavy (non-hydrogen) atoms. The fourth-order valence-electron chi connectivity index (χ4n) is 1.15. The summed E-state index contributed by atoms with van der Waals surface area (Å²) in [6.07, 6.45) is 1.06. The van der Waals surface area contributed by atoms with Gasteiger partial charge in [0.1, 0.15) is 0 Å². The lowest BCUT2D eigenvalue weighted by atomic mass is 10.2. The topological polar surface area (TPSA) is 38.3 Å². The van der Waals surface area contributed by atoms with Crippen LogP contribution in [-0.4, -0.2) is 19.2 Å². The molecule has 81 valence electrons. The fraction of sp³-hybridized carbons (Fsp3) is 0.333. The number of hydrogen-bond donors (Lipinski definition) is 1. The number of hydrogen-bond acceptors (Lipinski definition) is 2. The smallest absolute Gasteiger partial charge is 0.407 e. The van der Waals surface area contributed by atoms with E-state index in [4.69, 9.17) is 4.74 Å². The second-order valence-electron chi connectivity index (χ2n) is 3.15. The van der Waals surface area contributed by atoms with Crippen molar-refractivity contribution in [3.05, 3.63) is 42.8 Å². The van der Waals surface area contributed by atoms with Crippen molar-refractivity contribution in [2.75, 3.05) is 13.2 Å². The first-order chi connectivity index (χ1) is 7.33. The summed E-state index contributed by atoms with van der Waals surface area (Å²) in [5.74, 6) is 0. The molecule has 0 fully saturated rings. The number of ether oxygens (including phenoxy) is 1. The summed E-state index contributed by atoms with van der Waals surface area (Å²) in [5.41, 5.74) is 1.17. The van der Waals surface area contributed by atoms with E-state index >= 15 is 0 Å². The Labute approximate surface area is 90.4 Å². The molecule has 1 aromatic rings. The summed E-state index contributed by atoms with van der Waals surface area (Å²) >= 11 is 0. The molecule has 0 aliphatic carbocycles. The summed E-state index contributed by atoms with van der Waals surface area (Å²) in [4.78, 5) is 11.0. The molecule has 0 heterocycles. The van der Waals surface area contributed by atoms with Crippen LogP contribution in [0.3, 0.4) is 0 Å². The van der Waals surface area contributed by atoms with Crippen molar-refractivity contribution in [2.24, 2.45) is 0 Å². The molecule has 1 rings (SSSR count). The standard InChI is InChI=1S/C12H16NO2/c1-2-9-13-12(14)15-10-8-11-6-4-3-5-7-11/h3-7H,1-2,8-10H2,(H,13,14). The van der Waals surface area contributed by atoms with Gasteiger partial charge in [-0.05, 0) is 12.0 Å². The Bertz CT molecular complexity index is 285.